The van der Waals surface area contributed by atoms with E-state index in [1.54, 1.807) is 12.1 Å². The van der Waals surface area contributed by atoms with Crippen LogP contribution in [-0.4, -0.2) is 32.4 Å². The second-order valence-corrected chi connectivity index (χ2v) is 5.96. The van der Waals surface area contributed by atoms with Crippen LogP contribution < -0.4 is 0 Å². The molecule has 0 fully saturated rings. The van der Waals surface area contributed by atoms with Crippen LogP contribution in [0.4, 0.5) is 0 Å². The van der Waals surface area contributed by atoms with E-state index in [2.05, 4.69) is 4.98 Å². The first kappa shape index (κ1) is 16.0. The van der Waals surface area contributed by atoms with Crippen LogP contribution in [0.25, 0.3) is 11.0 Å². The van der Waals surface area contributed by atoms with E-state index >= 15 is 0 Å². The summed E-state index contributed by atoms with van der Waals surface area (Å²) in [5.74, 6) is -1.12. The zero-order chi connectivity index (χ0) is 18.3. The quantitative estimate of drug-likeness (QED) is 0.676. The smallest absolute Gasteiger partial charge is 0.330 e. The van der Waals surface area contributed by atoms with E-state index in [0.717, 1.165) is 16.9 Å². The molecule has 2 amide bonds. The fourth-order valence-electron chi connectivity index (χ4n) is 3.08. The molecule has 1 aliphatic heterocycles. The highest BCUT2D eigenvalue weighted by Crippen LogP contribution is 2.23. The molecule has 0 spiro atoms. The van der Waals surface area contributed by atoms with Gasteiger partial charge in [0, 0.05) is 6.54 Å². The molecule has 4 rings (SSSR count). The van der Waals surface area contributed by atoms with Gasteiger partial charge >= 0.3 is 5.97 Å². The summed E-state index contributed by atoms with van der Waals surface area (Å²) >= 11 is 0. The Labute approximate surface area is 148 Å². The van der Waals surface area contributed by atoms with Crippen LogP contribution in [0.5, 0.6) is 0 Å². The third kappa shape index (κ3) is 2.54. The van der Waals surface area contributed by atoms with Gasteiger partial charge in [-0.25, -0.2) is 9.78 Å². The Morgan fingerprint density at radius 2 is 1.62 bits per heavy atom. The van der Waals surface area contributed by atoms with Crippen molar-refractivity contribution in [3.63, 3.8) is 0 Å². The largest absolute Gasteiger partial charge is 0.335 e. The Hall–Kier alpha value is -3.48. The average molecular weight is 349 g/mol. The molecule has 0 N–H and O–H groups in total. The van der Waals surface area contributed by atoms with Crippen LogP contribution >= 0.6 is 0 Å². The highest BCUT2D eigenvalue weighted by Gasteiger charge is 2.38. The Bertz CT molecular complexity index is 1020. The Kier molecular flexibility index (Phi) is 3.76. The zero-order valence-electron chi connectivity index (χ0n) is 14.0. The molecule has 0 bridgehead atoms. The highest BCUT2D eigenvalue weighted by molar-refractivity contribution is 6.20. The van der Waals surface area contributed by atoms with Gasteiger partial charge in [0.25, 0.3) is 11.8 Å². The van der Waals surface area contributed by atoms with Crippen molar-refractivity contribution >= 4 is 28.8 Å². The van der Waals surface area contributed by atoms with Crippen molar-refractivity contribution in [2.24, 2.45) is 0 Å². The Morgan fingerprint density at radius 1 is 1.00 bits per heavy atom. The van der Waals surface area contributed by atoms with Crippen molar-refractivity contribution in [3.8, 4) is 0 Å². The molecule has 0 saturated heterocycles. The fraction of sp³-hybridized carbons (Fsp3) is 0.158. The van der Waals surface area contributed by atoms with Gasteiger partial charge in [-0.15, -0.1) is 0 Å². The molecule has 2 aromatic carbocycles. The Morgan fingerprint density at radius 3 is 2.31 bits per heavy atom. The molecule has 0 atom stereocenters. The number of aryl methyl sites for hydroxylation is 2. The lowest BCUT2D eigenvalue weighted by Crippen LogP contribution is -2.33. The van der Waals surface area contributed by atoms with E-state index in [0.29, 0.717) is 11.6 Å². The van der Waals surface area contributed by atoms with Gasteiger partial charge < -0.3 is 9.40 Å². The van der Waals surface area contributed by atoms with Crippen molar-refractivity contribution in [2.45, 2.75) is 19.9 Å². The summed E-state index contributed by atoms with van der Waals surface area (Å²) in [5.41, 5.74) is 2.24. The number of hydrogen-bond acceptors (Lipinski definition) is 5. The molecular formula is C19H15N3O4. The number of hydrogen-bond donors (Lipinski definition) is 0. The van der Waals surface area contributed by atoms with Gasteiger partial charge in [-0.1, -0.05) is 29.3 Å². The molecule has 1 aliphatic rings. The molecule has 0 unspecified atom stereocenters. The molecule has 2 heterocycles. The van der Waals surface area contributed by atoms with Crippen LogP contribution in [0.15, 0.2) is 48.5 Å². The number of imidazole rings is 1. The topological polar surface area (TPSA) is 81.5 Å². The molecule has 1 aromatic heterocycles. The monoisotopic (exact) mass is 349 g/mol. The van der Waals surface area contributed by atoms with Gasteiger partial charge in [0.05, 0.1) is 28.6 Å². The van der Waals surface area contributed by atoms with Crippen LogP contribution in [0.3, 0.4) is 0 Å². The van der Waals surface area contributed by atoms with Gasteiger partial charge in [0.15, 0.2) is 0 Å². The number of fused-ring (bicyclic) bond motifs is 2. The number of para-hydroxylation sites is 2. The minimum Gasteiger partial charge on any atom is -0.330 e. The van der Waals surface area contributed by atoms with Crippen LogP contribution in [0.1, 0.15) is 33.0 Å². The van der Waals surface area contributed by atoms with E-state index in [9.17, 15) is 14.4 Å². The number of carbonyl (C=O) groups is 3. The van der Waals surface area contributed by atoms with Gasteiger partial charge in [-0.2, -0.15) is 0 Å². The fourth-order valence-corrected chi connectivity index (χ4v) is 3.08. The van der Waals surface area contributed by atoms with Crippen molar-refractivity contribution in [3.05, 3.63) is 65.5 Å². The van der Waals surface area contributed by atoms with Gasteiger partial charge in [0.1, 0.15) is 5.82 Å². The third-order valence-corrected chi connectivity index (χ3v) is 4.33. The van der Waals surface area contributed by atoms with Crippen molar-refractivity contribution in [1.82, 2.24) is 14.6 Å². The summed E-state index contributed by atoms with van der Waals surface area (Å²) in [4.78, 5) is 46.1. The zero-order valence-corrected chi connectivity index (χ0v) is 14.0. The highest BCUT2D eigenvalue weighted by atomic mass is 16.7. The van der Waals surface area contributed by atoms with E-state index < -0.39 is 17.8 Å². The second kappa shape index (κ2) is 6.11. The minimum atomic E-state index is -0.656. The number of nitrogens with zero attached hydrogens (tertiary/aromatic N) is 3. The molecular weight excluding hydrogens is 334 g/mol. The minimum absolute atomic E-state index is 0.00853. The first-order valence-corrected chi connectivity index (χ1v) is 8.17. The summed E-state index contributed by atoms with van der Waals surface area (Å²) in [5, 5.41) is 0.534. The maximum absolute atomic E-state index is 12.2. The van der Waals surface area contributed by atoms with Crippen LogP contribution in [-0.2, 0) is 16.2 Å². The van der Waals surface area contributed by atoms with E-state index in [1.807, 2.05) is 35.8 Å². The van der Waals surface area contributed by atoms with Crippen molar-refractivity contribution in [2.75, 3.05) is 0 Å². The normalized spacial score (nSPS) is 13.3. The Balaban J connectivity index is 1.46. The van der Waals surface area contributed by atoms with Crippen LogP contribution in [0.2, 0.25) is 0 Å². The lowest BCUT2D eigenvalue weighted by atomic mass is 10.1. The van der Waals surface area contributed by atoms with Crippen molar-refractivity contribution in [1.29, 1.82) is 0 Å². The lowest BCUT2D eigenvalue weighted by Gasteiger charge is -2.13. The first-order chi connectivity index (χ1) is 12.6. The molecule has 130 valence electrons. The van der Waals surface area contributed by atoms with Gasteiger partial charge in [0.2, 0.25) is 0 Å². The summed E-state index contributed by atoms with van der Waals surface area (Å²) in [6.07, 6.45) is 0.00853. The predicted molar refractivity (Wildman–Crippen MR) is 92.1 cm³/mol. The van der Waals surface area contributed by atoms with Crippen LogP contribution in [0, 0.1) is 6.92 Å². The number of aromatic nitrogens is 2. The van der Waals surface area contributed by atoms with E-state index in [1.165, 1.54) is 12.1 Å². The maximum Gasteiger partial charge on any atom is 0.335 e. The molecule has 0 aliphatic carbocycles. The number of amides is 2. The standard InChI is InChI=1S/C19H15N3O4/c1-12-20-15-8-4-5-9-16(15)21(12)11-10-17(23)26-22-18(24)13-6-2-3-7-14(13)19(22)25/h2-9H,10-11H2,1H3. The number of hydroxylamine groups is 2. The van der Waals surface area contributed by atoms with Gasteiger partial charge in [-0.05, 0) is 31.2 Å². The molecule has 0 radical (unpaired) electrons. The average Bonchev–Trinajstić information content (AvgIpc) is 3.09. The summed E-state index contributed by atoms with van der Waals surface area (Å²) in [7, 11) is 0. The molecule has 3 aromatic rings. The van der Waals surface area contributed by atoms with Crippen molar-refractivity contribution < 1.29 is 19.2 Å². The van der Waals surface area contributed by atoms with E-state index in [-0.39, 0.29) is 17.5 Å². The SMILES string of the molecule is Cc1nc2ccccc2n1CCC(=O)ON1C(=O)c2ccccc2C1=O. The molecule has 7 heteroatoms. The number of benzene rings is 2. The summed E-state index contributed by atoms with van der Waals surface area (Å²) < 4.78 is 1.90. The third-order valence-electron chi connectivity index (χ3n) is 4.33. The first-order valence-electron chi connectivity index (χ1n) is 8.17. The van der Waals surface area contributed by atoms with E-state index in [4.69, 9.17) is 4.84 Å². The molecule has 0 saturated carbocycles. The summed E-state index contributed by atoms with van der Waals surface area (Å²) in [6.45, 7) is 2.20. The molecule has 26 heavy (non-hydrogen) atoms. The second-order valence-electron chi connectivity index (χ2n) is 5.96. The van der Waals surface area contributed by atoms with Gasteiger partial charge in [-0.3, -0.25) is 9.59 Å². The maximum atomic E-state index is 12.2. The molecule has 7 nitrogen and oxygen atoms in total. The lowest BCUT2D eigenvalue weighted by molar-refractivity contribution is -0.168. The number of rotatable bonds is 4. The predicted octanol–water partition coefficient (Wildman–Crippen LogP) is 2.49. The summed E-state index contributed by atoms with van der Waals surface area (Å²) in [6, 6.07) is 14.0. The number of carbonyl (C=O) groups excluding carboxylic acids is 3. The number of imide groups is 1.